The lowest BCUT2D eigenvalue weighted by Crippen LogP contribution is -1.99. The first kappa shape index (κ1) is 16.1. The molecule has 0 N–H and O–H groups in total. The Hall–Kier alpha value is -2.74. The predicted molar refractivity (Wildman–Crippen MR) is 98.6 cm³/mol. The molecule has 0 amide bonds. The maximum absolute atomic E-state index is 6.02. The maximum atomic E-state index is 6.02. The van der Waals surface area contributed by atoms with Crippen molar-refractivity contribution in [1.29, 1.82) is 0 Å². The van der Waals surface area contributed by atoms with Crippen molar-refractivity contribution in [1.82, 2.24) is 0 Å². The molecule has 0 spiro atoms. The van der Waals surface area contributed by atoms with Crippen molar-refractivity contribution in [3.63, 3.8) is 0 Å². The van der Waals surface area contributed by atoms with Crippen LogP contribution in [0.2, 0.25) is 0 Å². The normalized spacial score (nSPS) is 10.4. The Morgan fingerprint density at radius 1 is 0.750 bits per heavy atom. The zero-order chi connectivity index (χ0) is 16.8. The molecule has 3 aromatic carbocycles. The van der Waals surface area contributed by atoms with E-state index in [4.69, 9.17) is 9.47 Å². The average molecular weight is 318 g/mol. The molecule has 0 saturated heterocycles. The van der Waals surface area contributed by atoms with Crippen LogP contribution < -0.4 is 9.47 Å². The molecule has 0 fully saturated rings. The summed E-state index contributed by atoms with van der Waals surface area (Å²) in [5.74, 6) is 1.83. The Morgan fingerprint density at radius 3 is 2.21 bits per heavy atom. The van der Waals surface area contributed by atoms with E-state index < -0.39 is 0 Å². The highest BCUT2D eigenvalue weighted by Gasteiger charge is 2.07. The first-order chi connectivity index (χ1) is 11.8. The second-order valence-corrected chi connectivity index (χ2v) is 5.67. The molecular formula is C22H22O2. The van der Waals surface area contributed by atoms with Gasteiger partial charge in [-0.25, -0.2) is 0 Å². The fourth-order valence-electron chi connectivity index (χ4n) is 2.70. The molecule has 0 bridgehead atoms. The van der Waals surface area contributed by atoms with E-state index in [-0.39, 0.29) is 0 Å². The third-order valence-electron chi connectivity index (χ3n) is 3.97. The molecule has 0 radical (unpaired) electrons. The van der Waals surface area contributed by atoms with Crippen molar-refractivity contribution in [2.45, 2.75) is 20.5 Å². The fourth-order valence-corrected chi connectivity index (χ4v) is 2.70. The average Bonchev–Trinajstić information content (AvgIpc) is 2.62. The van der Waals surface area contributed by atoms with E-state index in [2.05, 4.69) is 49.4 Å². The second-order valence-electron chi connectivity index (χ2n) is 5.67. The zero-order valence-corrected chi connectivity index (χ0v) is 14.2. The van der Waals surface area contributed by atoms with Gasteiger partial charge in [0.15, 0.2) is 0 Å². The summed E-state index contributed by atoms with van der Waals surface area (Å²) in [5, 5.41) is 0. The fraction of sp³-hybridized carbons (Fsp3) is 0.182. The number of ether oxygens (including phenoxy) is 2. The largest absolute Gasteiger partial charge is 0.494 e. The van der Waals surface area contributed by atoms with Crippen LogP contribution >= 0.6 is 0 Å². The molecular weight excluding hydrogens is 296 g/mol. The number of hydrogen-bond donors (Lipinski definition) is 0. The van der Waals surface area contributed by atoms with E-state index in [0.717, 1.165) is 17.1 Å². The Bertz CT molecular complexity index is 791. The predicted octanol–water partition coefficient (Wildman–Crippen LogP) is 5.64. The lowest BCUT2D eigenvalue weighted by molar-refractivity contribution is 0.304. The lowest BCUT2D eigenvalue weighted by Gasteiger charge is -2.13. The summed E-state index contributed by atoms with van der Waals surface area (Å²) in [6, 6.07) is 24.7. The Labute approximate surface area is 143 Å². The molecule has 0 saturated carbocycles. The van der Waals surface area contributed by atoms with Crippen LogP contribution in [0.15, 0.2) is 72.8 Å². The highest BCUT2D eigenvalue weighted by atomic mass is 16.5. The van der Waals surface area contributed by atoms with Crippen molar-refractivity contribution in [2.75, 3.05) is 6.61 Å². The van der Waals surface area contributed by atoms with E-state index in [9.17, 15) is 0 Å². The molecule has 0 aromatic heterocycles. The Morgan fingerprint density at radius 2 is 1.46 bits per heavy atom. The molecule has 0 heterocycles. The van der Waals surface area contributed by atoms with Crippen molar-refractivity contribution in [2.24, 2.45) is 0 Å². The van der Waals surface area contributed by atoms with Crippen LogP contribution in [0.3, 0.4) is 0 Å². The van der Waals surface area contributed by atoms with Crippen molar-refractivity contribution >= 4 is 0 Å². The van der Waals surface area contributed by atoms with Gasteiger partial charge in [0.2, 0.25) is 0 Å². The summed E-state index contributed by atoms with van der Waals surface area (Å²) in [6.07, 6.45) is 0. The number of benzene rings is 3. The number of para-hydroxylation sites is 1. The summed E-state index contributed by atoms with van der Waals surface area (Å²) >= 11 is 0. The molecule has 3 rings (SSSR count). The molecule has 0 unspecified atom stereocenters. The van der Waals surface area contributed by atoms with Crippen LogP contribution in [0.5, 0.6) is 11.5 Å². The highest BCUT2D eigenvalue weighted by Crippen LogP contribution is 2.27. The van der Waals surface area contributed by atoms with Gasteiger partial charge in [-0.05, 0) is 54.3 Å². The summed E-state index contributed by atoms with van der Waals surface area (Å²) in [4.78, 5) is 0. The monoisotopic (exact) mass is 318 g/mol. The molecule has 122 valence electrons. The Kier molecular flexibility index (Phi) is 5.17. The van der Waals surface area contributed by atoms with Crippen LogP contribution in [0.25, 0.3) is 11.1 Å². The van der Waals surface area contributed by atoms with Crippen molar-refractivity contribution < 1.29 is 9.47 Å². The van der Waals surface area contributed by atoms with Crippen LogP contribution in [0, 0.1) is 6.92 Å². The molecule has 3 aromatic rings. The van der Waals surface area contributed by atoms with Crippen LogP contribution in [0.1, 0.15) is 18.1 Å². The number of rotatable bonds is 6. The molecule has 2 nitrogen and oxygen atoms in total. The van der Waals surface area contributed by atoms with Gasteiger partial charge in [0.1, 0.15) is 18.1 Å². The minimum Gasteiger partial charge on any atom is -0.494 e. The van der Waals surface area contributed by atoms with Gasteiger partial charge in [-0.1, -0.05) is 54.6 Å². The van der Waals surface area contributed by atoms with Gasteiger partial charge in [-0.3, -0.25) is 0 Å². The smallest absolute Gasteiger partial charge is 0.122 e. The second kappa shape index (κ2) is 7.69. The Balaban J connectivity index is 1.81. The lowest BCUT2D eigenvalue weighted by atomic mass is 10.00. The molecule has 2 heteroatoms. The minimum absolute atomic E-state index is 0.550. The molecule has 24 heavy (non-hydrogen) atoms. The van der Waals surface area contributed by atoms with Crippen molar-refractivity contribution in [3.05, 3.63) is 83.9 Å². The van der Waals surface area contributed by atoms with Gasteiger partial charge in [0.25, 0.3) is 0 Å². The highest BCUT2D eigenvalue weighted by molar-refractivity contribution is 5.67. The number of hydrogen-bond acceptors (Lipinski definition) is 2. The third-order valence-corrected chi connectivity index (χ3v) is 3.97. The van der Waals surface area contributed by atoms with E-state index in [0.29, 0.717) is 13.2 Å². The van der Waals surface area contributed by atoms with Crippen molar-refractivity contribution in [3.8, 4) is 22.6 Å². The molecule has 0 aliphatic heterocycles. The maximum Gasteiger partial charge on any atom is 0.122 e. The third kappa shape index (κ3) is 3.77. The summed E-state index contributed by atoms with van der Waals surface area (Å²) in [6.45, 7) is 5.29. The first-order valence-corrected chi connectivity index (χ1v) is 8.27. The van der Waals surface area contributed by atoms with Gasteiger partial charge in [0.05, 0.1) is 6.61 Å². The molecule has 0 aliphatic rings. The van der Waals surface area contributed by atoms with Gasteiger partial charge < -0.3 is 9.47 Å². The minimum atomic E-state index is 0.550. The SMILES string of the molecule is CCOc1ccc(-c2ccccc2COc2ccccc2C)cc1. The van der Waals surface area contributed by atoms with Gasteiger partial charge >= 0.3 is 0 Å². The first-order valence-electron chi connectivity index (χ1n) is 8.27. The quantitative estimate of drug-likeness (QED) is 0.585. The summed E-state index contributed by atoms with van der Waals surface area (Å²) < 4.78 is 11.5. The van der Waals surface area contributed by atoms with Gasteiger partial charge in [-0.2, -0.15) is 0 Å². The van der Waals surface area contributed by atoms with Gasteiger partial charge in [-0.15, -0.1) is 0 Å². The van der Waals surface area contributed by atoms with E-state index in [1.165, 1.54) is 16.7 Å². The molecule has 0 aliphatic carbocycles. The zero-order valence-electron chi connectivity index (χ0n) is 14.2. The molecule has 0 atom stereocenters. The standard InChI is InChI=1S/C22H22O2/c1-3-23-20-14-12-18(13-15-20)21-10-6-5-9-19(21)16-24-22-11-7-4-8-17(22)2/h4-15H,3,16H2,1-2H3. The van der Waals surface area contributed by atoms with Crippen LogP contribution in [-0.4, -0.2) is 6.61 Å². The topological polar surface area (TPSA) is 18.5 Å². The summed E-state index contributed by atoms with van der Waals surface area (Å²) in [5.41, 5.74) is 4.68. The van der Waals surface area contributed by atoms with Crippen LogP contribution in [-0.2, 0) is 6.61 Å². The van der Waals surface area contributed by atoms with Crippen LogP contribution in [0.4, 0.5) is 0 Å². The number of aryl methyl sites for hydroxylation is 1. The van der Waals surface area contributed by atoms with Gasteiger partial charge in [0, 0.05) is 0 Å². The van der Waals surface area contributed by atoms with E-state index in [1.807, 2.05) is 37.3 Å². The van der Waals surface area contributed by atoms with E-state index >= 15 is 0 Å². The van der Waals surface area contributed by atoms with E-state index in [1.54, 1.807) is 0 Å². The summed E-state index contributed by atoms with van der Waals surface area (Å²) in [7, 11) is 0.